The van der Waals surface area contributed by atoms with Crippen molar-refractivity contribution < 1.29 is 9.90 Å². The van der Waals surface area contributed by atoms with E-state index in [1.807, 2.05) is 48.6 Å². The smallest absolute Gasteiger partial charge is 0.311 e. The lowest BCUT2D eigenvalue weighted by Gasteiger charge is -2.20. The van der Waals surface area contributed by atoms with Crippen LogP contribution in [0.1, 0.15) is 23.5 Å². The van der Waals surface area contributed by atoms with Gasteiger partial charge in [0, 0.05) is 0 Å². The van der Waals surface area contributed by atoms with E-state index in [0.29, 0.717) is 6.42 Å². The number of carbonyl (C=O) groups is 1. The third-order valence-corrected chi connectivity index (χ3v) is 3.32. The van der Waals surface area contributed by atoms with Crippen molar-refractivity contribution in [2.45, 2.75) is 12.3 Å². The minimum atomic E-state index is -0.744. The fourth-order valence-corrected chi connectivity index (χ4v) is 2.52. The standard InChI is InChI=1S/C15H12O2/c16-15(17)13-7-3-5-11-9-8-10-4-1-2-6-12(10)14(11)13/h1-6,8-9,13H,7H2,(H,16,17). The van der Waals surface area contributed by atoms with Gasteiger partial charge in [0.05, 0.1) is 5.92 Å². The van der Waals surface area contributed by atoms with E-state index in [2.05, 4.69) is 0 Å². The Balaban J connectivity index is 2.36. The van der Waals surface area contributed by atoms with Crippen LogP contribution < -0.4 is 0 Å². The summed E-state index contributed by atoms with van der Waals surface area (Å²) in [5, 5.41) is 11.5. The minimum Gasteiger partial charge on any atom is -0.481 e. The van der Waals surface area contributed by atoms with Gasteiger partial charge in [0.25, 0.3) is 0 Å². The number of aliphatic carboxylic acids is 1. The van der Waals surface area contributed by atoms with Gasteiger partial charge >= 0.3 is 5.97 Å². The number of carboxylic acid groups (broad SMARTS) is 1. The van der Waals surface area contributed by atoms with Crippen LogP contribution in [-0.4, -0.2) is 11.1 Å². The van der Waals surface area contributed by atoms with Crippen LogP contribution in [0.4, 0.5) is 0 Å². The summed E-state index contributed by atoms with van der Waals surface area (Å²) in [6.45, 7) is 0. The van der Waals surface area contributed by atoms with E-state index in [4.69, 9.17) is 0 Å². The first-order valence-electron chi connectivity index (χ1n) is 5.68. The fourth-order valence-electron chi connectivity index (χ4n) is 2.52. The van der Waals surface area contributed by atoms with Gasteiger partial charge in [0.2, 0.25) is 0 Å². The highest BCUT2D eigenvalue weighted by atomic mass is 16.4. The topological polar surface area (TPSA) is 37.3 Å². The SMILES string of the molecule is O=C(O)C1CC=Cc2ccc3ccccc3c21. The third kappa shape index (κ3) is 1.53. The van der Waals surface area contributed by atoms with Crippen LogP contribution in [0.15, 0.2) is 42.5 Å². The maximum absolute atomic E-state index is 11.3. The molecule has 17 heavy (non-hydrogen) atoms. The van der Waals surface area contributed by atoms with Crippen LogP contribution in [0, 0.1) is 0 Å². The average molecular weight is 224 g/mol. The summed E-state index contributed by atoms with van der Waals surface area (Å²) < 4.78 is 0. The van der Waals surface area contributed by atoms with E-state index in [1.54, 1.807) is 0 Å². The molecule has 0 aromatic heterocycles. The number of rotatable bonds is 1. The van der Waals surface area contributed by atoms with E-state index in [0.717, 1.165) is 21.9 Å². The van der Waals surface area contributed by atoms with E-state index in [-0.39, 0.29) is 0 Å². The molecule has 84 valence electrons. The molecule has 0 spiro atoms. The lowest BCUT2D eigenvalue weighted by Crippen LogP contribution is -2.14. The quantitative estimate of drug-likeness (QED) is 0.805. The maximum Gasteiger partial charge on any atom is 0.311 e. The van der Waals surface area contributed by atoms with Gasteiger partial charge in [-0.15, -0.1) is 0 Å². The van der Waals surface area contributed by atoms with Gasteiger partial charge in [-0.25, -0.2) is 0 Å². The number of allylic oxidation sites excluding steroid dienone is 1. The predicted octanol–water partition coefficient (Wildman–Crippen LogP) is 3.42. The van der Waals surface area contributed by atoms with E-state index in [9.17, 15) is 9.90 Å². The molecule has 1 N–H and O–H groups in total. The molecular weight excluding hydrogens is 212 g/mol. The normalized spacial score (nSPS) is 18.0. The van der Waals surface area contributed by atoms with Gasteiger partial charge < -0.3 is 5.11 Å². The molecule has 1 atom stereocenters. The third-order valence-electron chi connectivity index (χ3n) is 3.32. The molecule has 0 fully saturated rings. The number of fused-ring (bicyclic) bond motifs is 3. The first-order valence-corrected chi connectivity index (χ1v) is 5.68. The molecule has 1 aliphatic rings. The zero-order valence-corrected chi connectivity index (χ0v) is 9.26. The van der Waals surface area contributed by atoms with Crippen molar-refractivity contribution in [1.82, 2.24) is 0 Å². The van der Waals surface area contributed by atoms with E-state index >= 15 is 0 Å². The number of carboxylic acids is 1. The van der Waals surface area contributed by atoms with Crippen molar-refractivity contribution in [2.24, 2.45) is 0 Å². The monoisotopic (exact) mass is 224 g/mol. The van der Waals surface area contributed by atoms with Crippen molar-refractivity contribution in [3.8, 4) is 0 Å². The lowest BCUT2D eigenvalue weighted by atomic mass is 9.84. The Bertz CT molecular complexity index is 626. The van der Waals surface area contributed by atoms with Crippen LogP contribution in [0.5, 0.6) is 0 Å². The Labute approximate surface area is 99.2 Å². The summed E-state index contributed by atoms with van der Waals surface area (Å²) in [7, 11) is 0. The zero-order valence-electron chi connectivity index (χ0n) is 9.26. The molecule has 1 aliphatic carbocycles. The lowest BCUT2D eigenvalue weighted by molar-refractivity contribution is -0.138. The van der Waals surface area contributed by atoms with Crippen molar-refractivity contribution in [2.75, 3.05) is 0 Å². The molecule has 3 rings (SSSR count). The molecule has 0 saturated carbocycles. The van der Waals surface area contributed by atoms with Gasteiger partial charge in [-0.05, 0) is 28.3 Å². The zero-order chi connectivity index (χ0) is 11.8. The second-order valence-corrected chi connectivity index (χ2v) is 4.32. The minimum absolute atomic E-state index is 0.416. The first-order chi connectivity index (χ1) is 8.27. The predicted molar refractivity (Wildman–Crippen MR) is 68.0 cm³/mol. The molecule has 2 aromatic carbocycles. The molecule has 0 saturated heterocycles. The van der Waals surface area contributed by atoms with Crippen LogP contribution in [-0.2, 0) is 4.79 Å². The molecule has 0 amide bonds. The van der Waals surface area contributed by atoms with Crippen molar-refractivity contribution in [1.29, 1.82) is 0 Å². The summed E-state index contributed by atoms with van der Waals surface area (Å²) in [6, 6.07) is 12.0. The summed E-state index contributed by atoms with van der Waals surface area (Å²) >= 11 is 0. The fraction of sp³-hybridized carbons (Fsp3) is 0.133. The highest BCUT2D eigenvalue weighted by Crippen LogP contribution is 2.35. The Kier molecular flexibility index (Phi) is 2.22. The Morgan fingerprint density at radius 1 is 1.18 bits per heavy atom. The van der Waals surface area contributed by atoms with Crippen LogP contribution in [0.2, 0.25) is 0 Å². The molecule has 0 radical (unpaired) electrons. The largest absolute Gasteiger partial charge is 0.481 e. The Morgan fingerprint density at radius 2 is 2.00 bits per heavy atom. The van der Waals surface area contributed by atoms with Gasteiger partial charge in [0.1, 0.15) is 0 Å². The highest BCUT2D eigenvalue weighted by molar-refractivity contribution is 5.94. The second kappa shape index (κ2) is 3.74. The summed E-state index contributed by atoms with van der Waals surface area (Å²) in [5.41, 5.74) is 1.99. The van der Waals surface area contributed by atoms with Crippen LogP contribution in [0.3, 0.4) is 0 Å². The molecule has 0 bridgehead atoms. The molecular formula is C15H12O2. The summed E-state index contributed by atoms with van der Waals surface area (Å²) in [5.74, 6) is -1.16. The summed E-state index contributed by atoms with van der Waals surface area (Å²) in [4.78, 5) is 11.3. The number of hydrogen-bond donors (Lipinski definition) is 1. The number of benzene rings is 2. The van der Waals surface area contributed by atoms with Gasteiger partial charge in [-0.2, -0.15) is 0 Å². The highest BCUT2D eigenvalue weighted by Gasteiger charge is 2.25. The molecule has 0 heterocycles. The summed E-state index contributed by atoms with van der Waals surface area (Å²) in [6.07, 6.45) is 4.54. The van der Waals surface area contributed by atoms with Crippen molar-refractivity contribution in [3.63, 3.8) is 0 Å². The number of hydrogen-bond acceptors (Lipinski definition) is 1. The van der Waals surface area contributed by atoms with Gasteiger partial charge in [0.15, 0.2) is 0 Å². The van der Waals surface area contributed by atoms with E-state index < -0.39 is 11.9 Å². The average Bonchev–Trinajstić information content (AvgIpc) is 2.37. The van der Waals surface area contributed by atoms with Crippen molar-refractivity contribution >= 4 is 22.8 Å². The van der Waals surface area contributed by atoms with Crippen LogP contribution in [0.25, 0.3) is 16.8 Å². The molecule has 2 nitrogen and oxygen atoms in total. The first kappa shape index (κ1) is 10.1. The Morgan fingerprint density at radius 3 is 2.82 bits per heavy atom. The van der Waals surface area contributed by atoms with Gasteiger partial charge in [-0.1, -0.05) is 48.6 Å². The second-order valence-electron chi connectivity index (χ2n) is 4.32. The molecule has 0 aliphatic heterocycles. The Hall–Kier alpha value is -2.09. The maximum atomic E-state index is 11.3. The molecule has 2 heteroatoms. The van der Waals surface area contributed by atoms with Crippen molar-refractivity contribution in [3.05, 3.63) is 53.6 Å². The molecule has 2 aromatic rings. The van der Waals surface area contributed by atoms with Crippen LogP contribution >= 0.6 is 0 Å². The van der Waals surface area contributed by atoms with E-state index in [1.165, 1.54) is 0 Å². The molecule has 1 unspecified atom stereocenters. The van der Waals surface area contributed by atoms with Gasteiger partial charge in [-0.3, -0.25) is 4.79 Å².